The maximum Gasteiger partial charge on any atom is 0.261 e. The fourth-order valence-corrected chi connectivity index (χ4v) is 2.44. The minimum Gasteiger partial charge on any atom is -0.387 e. The van der Waals surface area contributed by atoms with Gasteiger partial charge in [0.15, 0.2) is 0 Å². The number of halogens is 1. The summed E-state index contributed by atoms with van der Waals surface area (Å²) in [6.45, 7) is 1.77. The molecule has 0 aliphatic rings. The predicted octanol–water partition coefficient (Wildman–Crippen LogP) is 1.97. The Balaban J connectivity index is 1.96. The van der Waals surface area contributed by atoms with Gasteiger partial charge in [0, 0.05) is 6.20 Å². The van der Waals surface area contributed by atoms with Gasteiger partial charge in [0.05, 0.1) is 36.1 Å². The zero-order valence-corrected chi connectivity index (χ0v) is 11.9. The highest BCUT2D eigenvalue weighted by atomic mass is 19.1. The van der Waals surface area contributed by atoms with Gasteiger partial charge in [-0.1, -0.05) is 6.07 Å². The Labute approximate surface area is 125 Å². The smallest absolute Gasteiger partial charge is 0.261 e. The highest BCUT2D eigenvalue weighted by molar-refractivity contribution is 5.75. The third kappa shape index (κ3) is 2.60. The van der Waals surface area contributed by atoms with E-state index in [9.17, 15) is 14.3 Å². The van der Waals surface area contributed by atoms with Crippen LogP contribution in [0.4, 0.5) is 4.39 Å². The van der Waals surface area contributed by atoms with Crippen LogP contribution in [0.15, 0.2) is 47.8 Å². The molecule has 112 valence electrons. The Morgan fingerprint density at radius 1 is 1.36 bits per heavy atom. The van der Waals surface area contributed by atoms with Crippen LogP contribution in [0.25, 0.3) is 10.9 Å². The van der Waals surface area contributed by atoms with Gasteiger partial charge in [0.1, 0.15) is 5.82 Å². The standard InChI is InChI=1S/C16H14FN3O2/c1-10-6-11(17)2-3-12(10)15(21)8-20-9-19-14-7-18-5-4-13(14)16(20)22/h2-7,9,15,21H,8H2,1H3. The van der Waals surface area contributed by atoms with Gasteiger partial charge in [-0.2, -0.15) is 0 Å². The van der Waals surface area contributed by atoms with Crippen LogP contribution in [0.3, 0.4) is 0 Å². The van der Waals surface area contributed by atoms with Crippen molar-refractivity contribution >= 4 is 10.9 Å². The number of fused-ring (bicyclic) bond motifs is 1. The Kier molecular flexibility index (Phi) is 3.68. The first-order chi connectivity index (χ1) is 10.6. The van der Waals surface area contributed by atoms with E-state index in [2.05, 4.69) is 9.97 Å². The van der Waals surface area contributed by atoms with E-state index in [1.165, 1.54) is 41.5 Å². The quantitative estimate of drug-likeness (QED) is 0.803. The molecule has 5 nitrogen and oxygen atoms in total. The lowest BCUT2D eigenvalue weighted by Gasteiger charge is -2.15. The average Bonchev–Trinajstić information content (AvgIpc) is 2.50. The SMILES string of the molecule is Cc1cc(F)ccc1C(O)Cn1cnc2cnccc2c1=O. The van der Waals surface area contributed by atoms with Crippen molar-refractivity contribution in [1.82, 2.24) is 14.5 Å². The van der Waals surface area contributed by atoms with Crippen molar-refractivity contribution in [1.29, 1.82) is 0 Å². The van der Waals surface area contributed by atoms with Crippen LogP contribution in [-0.2, 0) is 6.54 Å². The second-order valence-electron chi connectivity index (χ2n) is 5.11. The van der Waals surface area contributed by atoms with Crippen molar-refractivity contribution < 1.29 is 9.50 Å². The van der Waals surface area contributed by atoms with E-state index < -0.39 is 6.10 Å². The topological polar surface area (TPSA) is 68.0 Å². The molecule has 0 radical (unpaired) electrons. The molecule has 0 saturated carbocycles. The summed E-state index contributed by atoms with van der Waals surface area (Å²) >= 11 is 0. The summed E-state index contributed by atoms with van der Waals surface area (Å²) in [4.78, 5) is 20.4. The van der Waals surface area contributed by atoms with E-state index in [1.54, 1.807) is 13.0 Å². The molecule has 22 heavy (non-hydrogen) atoms. The van der Waals surface area contributed by atoms with Crippen molar-refractivity contribution in [2.24, 2.45) is 0 Å². The number of hydrogen-bond acceptors (Lipinski definition) is 4. The van der Waals surface area contributed by atoms with Crippen LogP contribution in [0.5, 0.6) is 0 Å². The Hall–Kier alpha value is -2.60. The second-order valence-corrected chi connectivity index (χ2v) is 5.11. The summed E-state index contributed by atoms with van der Waals surface area (Å²) in [5, 5.41) is 10.8. The first-order valence-electron chi connectivity index (χ1n) is 6.79. The normalized spacial score (nSPS) is 12.5. The molecule has 1 aromatic carbocycles. The molecule has 1 N–H and O–H groups in total. The van der Waals surface area contributed by atoms with E-state index >= 15 is 0 Å². The minimum atomic E-state index is -0.917. The summed E-state index contributed by atoms with van der Waals surface area (Å²) in [6, 6.07) is 5.76. The number of hydrogen-bond donors (Lipinski definition) is 1. The number of nitrogens with zero attached hydrogens (tertiary/aromatic N) is 3. The van der Waals surface area contributed by atoms with E-state index in [-0.39, 0.29) is 17.9 Å². The van der Waals surface area contributed by atoms with Crippen LogP contribution in [0, 0.1) is 12.7 Å². The number of aliphatic hydroxyl groups excluding tert-OH is 1. The Morgan fingerprint density at radius 2 is 2.18 bits per heavy atom. The molecule has 0 amide bonds. The van der Waals surface area contributed by atoms with Gasteiger partial charge in [-0.15, -0.1) is 0 Å². The highest BCUT2D eigenvalue weighted by Gasteiger charge is 2.13. The van der Waals surface area contributed by atoms with Gasteiger partial charge in [-0.25, -0.2) is 9.37 Å². The summed E-state index contributed by atoms with van der Waals surface area (Å²) < 4.78 is 14.5. The van der Waals surface area contributed by atoms with Crippen LogP contribution in [-0.4, -0.2) is 19.6 Å². The molecule has 1 atom stereocenters. The van der Waals surface area contributed by atoms with Gasteiger partial charge in [0.2, 0.25) is 0 Å². The first kappa shape index (κ1) is 14.3. The molecule has 0 aliphatic carbocycles. The van der Waals surface area contributed by atoms with Gasteiger partial charge in [0.25, 0.3) is 5.56 Å². The van der Waals surface area contributed by atoms with Crippen molar-refractivity contribution in [3.8, 4) is 0 Å². The third-order valence-electron chi connectivity index (χ3n) is 3.59. The molecule has 0 spiro atoms. The molecule has 3 rings (SSSR count). The van der Waals surface area contributed by atoms with Gasteiger partial charge in [-0.05, 0) is 36.2 Å². The third-order valence-corrected chi connectivity index (χ3v) is 3.59. The van der Waals surface area contributed by atoms with E-state index in [0.29, 0.717) is 22.0 Å². The number of aromatic nitrogens is 3. The van der Waals surface area contributed by atoms with Crippen LogP contribution < -0.4 is 5.56 Å². The summed E-state index contributed by atoms with van der Waals surface area (Å²) in [5.41, 5.74) is 1.49. The predicted molar refractivity (Wildman–Crippen MR) is 79.9 cm³/mol. The molecule has 3 aromatic rings. The lowest BCUT2D eigenvalue weighted by Crippen LogP contribution is -2.24. The Bertz CT molecular complexity index is 892. The maximum atomic E-state index is 13.1. The molecule has 0 bridgehead atoms. The molecular formula is C16H14FN3O2. The average molecular weight is 299 g/mol. The monoisotopic (exact) mass is 299 g/mol. The van der Waals surface area contributed by atoms with E-state index in [4.69, 9.17) is 0 Å². The Morgan fingerprint density at radius 3 is 2.95 bits per heavy atom. The van der Waals surface area contributed by atoms with Gasteiger partial charge in [-0.3, -0.25) is 14.3 Å². The fraction of sp³-hybridized carbons (Fsp3) is 0.188. The van der Waals surface area contributed by atoms with Crippen LogP contribution in [0.2, 0.25) is 0 Å². The number of aryl methyl sites for hydroxylation is 1. The van der Waals surface area contributed by atoms with Crippen LogP contribution >= 0.6 is 0 Å². The number of rotatable bonds is 3. The van der Waals surface area contributed by atoms with Gasteiger partial charge >= 0.3 is 0 Å². The summed E-state index contributed by atoms with van der Waals surface area (Å²) in [7, 11) is 0. The molecule has 0 fully saturated rings. The molecule has 2 heterocycles. The van der Waals surface area contributed by atoms with Crippen molar-refractivity contribution in [2.45, 2.75) is 19.6 Å². The highest BCUT2D eigenvalue weighted by Crippen LogP contribution is 2.20. The maximum absolute atomic E-state index is 13.1. The number of benzene rings is 1. The van der Waals surface area contributed by atoms with E-state index in [1.807, 2.05) is 0 Å². The molecule has 0 saturated heterocycles. The summed E-state index contributed by atoms with van der Waals surface area (Å²) in [6.07, 6.45) is 3.51. The largest absolute Gasteiger partial charge is 0.387 e. The summed E-state index contributed by atoms with van der Waals surface area (Å²) in [5.74, 6) is -0.356. The number of aliphatic hydroxyl groups is 1. The minimum absolute atomic E-state index is 0.0522. The fourth-order valence-electron chi connectivity index (χ4n) is 2.44. The van der Waals surface area contributed by atoms with Crippen molar-refractivity contribution in [2.75, 3.05) is 0 Å². The first-order valence-corrected chi connectivity index (χ1v) is 6.79. The van der Waals surface area contributed by atoms with Crippen molar-refractivity contribution in [3.63, 3.8) is 0 Å². The second kappa shape index (κ2) is 5.65. The van der Waals surface area contributed by atoms with Crippen molar-refractivity contribution in [3.05, 3.63) is 70.3 Å². The zero-order valence-electron chi connectivity index (χ0n) is 11.9. The molecule has 1 unspecified atom stereocenters. The lowest BCUT2D eigenvalue weighted by molar-refractivity contribution is 0.154. The zero-order chi connectivity index (χ0) is 15.7. The molecule has 6 heteroatoms. The van der Waals surface area contributed by atoms with Crippen LogP contribution in [0.1, 0.15) is 17.2 Å². The van der Waals surface area contributed by atoms with E-state index in [0.717, 1.165) is 0 Å². The number of pyridine rings is 1. The van der Waals surface area contributed by atoms with Gasteiger partial charge < -0.3 is 5.11 Å². The molecular weight excluding hydrogens is 285 g/mol. The lowest BCUT2D eigenvalue weighted by atomic mass is 10.0. The molecule has 0 aliphatic heterocycles. The molecule has 2 aromatic heterocycles.